The second-order valence-corrected chi connectivity index (χ2v) is 10.6. The maximum atomic E-state index is 11.5. The number of aliphatic hydroxyl groups is 4. The predicted molar refractivity (Wildman–Crippen MR) is 150 cm³/mol. The molecule has 0 saturated heterocycles. The molecule has 0 aliphatic heterocycles. The Morgan fingerprint density at radius 2 is 0.632 bits per heavy atom. The van der Waals surface area contributed by atoms with Gasteiger partial charge in [-0.05, 0) is 12.8 Å². The summed E-state index contributed by atoms with van der Waals surface area (Å²) in [4.78, 5) is 23.0. The Bertz CT molecular complexity index is 482. The van der Waals surface area contributed by atoms with Crippen LogP contribution in [0.4, 0.5) is 0 Å². The summed E-state index contributed by atoms with van der Waals surface area (Å²) in [6.07, 6.45) is 23.2. The molecule has 0 aromatic heterocycles. The molecular formula is C30H58O8. The molecule has 0 rings (SSSR count). The fourth-order valence-corrected chi connectivity index (χ4v) is 4.35. The lowest BCUT2D eigenvalue weighted by Gasteiger charge is -2.08. The average Bonchev–Trinajstić information content (AvgIpc) is 2.92. The summed E-state index contributed by atoms with van der Waals surface area (Å²) in [7, 11) is 0. The highest BCUT2D eigenvalue weighted by Crippen LogP contribution is 2.15. The van der Waals surface area contributed by atoms with E-state index in [1.54, 1.807) is 0 Å². The topological polar surface area (TPSA) is 134 Å². The van der Waals surface area contributed by atoms with Crippen LogP contribution in [0.2, 0.25) is 0 Å². The van der Waals surface area contributed by atoms with Crippen molar-refractivity contribution >= 4 is 11.9 Å². The lowest BCUT2D eigenvalue weighted by Crippen LogP contribution is -2.21. The highest BCUT2D eigenvalue weighted by atomic mass is 16.5. The van der Waals surface area contributed by atoms with Crippen LogP contribution in [0.15, 0.2) is 0 Å². The van der Waals surface area contributed by atoms with Gasteiger partial charge in [0, 0.05) is 12.8 Å². The molecule has 0 radical (unpaired) electrons. The second-order valence-electron chi connectivity index (χ2n) is 10.6. The monoisotopic (exact) mass is 546 g/mol. The number of rotatable bonds is 29. The van der Waals surface area contributed by atoms with Crippen LogP contribution in [-0.2, 0) is 19.1 Å². The third kappa shape index (κ3) is 27.8. The first-order valence-corrected chi connectivity index (χ1v) is 15.4. The molecule has 0 aliphatic carbocycles. The van der Waals surface area contributed by atoms with E-state index in [0.717, 1.165) is 38.5 Å². The predicted octanol–water partition coefficient (Wildman–Crippen LogP) is 5.36. The van der Waals surface area contributed by atoms with Gasteiger partial charge in [-0.3, -0.25) is 9.59 Å². The lowest BCUT2D eigenvalue weighted by atomic mass is 10.0. The molecule has 0 aromatic rings. The standard InChI is InChI=1S/C30H58O8/c31-23-27(33)25-37-29(35)21-19-17-15-13-11-9-7-5-3-1-2-4-6-8-10-12-14-16-18-20-22-30(36)38-26-28(34)24-32/h27-28,31-34H,1-26H2/t27-,28+. The van der Waals surface area contributed by atoms with Crippen LogP contribution >= 0.6 is 0 Å². The van der Waals surface area contributed by atoms with Crippen LogP contribution in [0, 0.1) is 0 Å². The molecule has 8 heteroatoms. The molecular weight excluding hydrogens is 488 g/mol. The summed E-state index contributed by atoms with van der Waals surface area (Å²) in [5.74, 6) is -0.587. The van der Waals surface area contributed by atoms with E-state index >= 15 is 0 Å². The van der Waals surface area contributed by atoms with Crippen molar-refractivity contribution in [3.63, 3.8) is 0 Å². The fourth-order valence-electron chi connectivity index (χ4n) is 4.35. The molecule has 0 unspecified atom stereocenters. The highest BCUT2D eigenvalue weighted by Gasteiger charge is 2.08. The zero-order valence-electron chi connectivity index (χ0n) is 24.0. The van der Waals surface area contributed by atoms with Crippen molar-refractivity contribution in [1.82, 2.24) is 0 Å². The number of unbranched alkanes of at least 4 members (excludes halogenated alkanes) is 19. The number of ether oxygens (including phenoxy) is 2. The summed E-state index contributed by atoms with van der Waals surface area (Å²) in [6, 6.07) is 0. The molecule has 0 aromatic carbocycles. The summed E-state index contributed by atoms with van der Waals surface area (Å²) in [5, 5.41) is 35.6. The van der Waals surface area contributed by atoms with Crippen molar-refractivity contribution in [3.8, 4) is 0 Å². The van der Waals surface area contributed by atoms with E-state index in [1.165, 1.54) is 89.9 Å². The number of hydrogen-bond acceptors (Lipinski definition) is 8. The van der Waals surface area contributed by atoms with Crippen molar-refractivity contribution in [3.05, 3.63) is 0 Å². The fraction of sp³-hybridized carbons (Fsp3) is 0.933. The van der Waals surface area contributed by atoms with Crippen molar-refractivity contribution in [1.29, 1.82) is 0 Å². The van der Waals surface area contributed by atoms with Gasteiger partial charge in [0.1, 0.15) is 25.4 Å². The molecule has 226 valence electrons. The van der Waals surface area contributed by atoms with Gasteiger partial charge in [0.15, 0.2) is 0 Å². The summed E-state index contributed by atoms with van der Waals surface area (Å²) >= 11 is 0. The quantitative estimate of drug-likeness (QED) is 0.0728. The third-order valence-corrected chi connectivity index (χ3v) is 6.81. The number of carbonyl (C=O) groups is 2. The van der Waals surface area contributed by atoms with Crippen molar-refractivity contribution < 1.29 is 39.5 Å². The van der Waals surface area contributed by atoms with Crippen LogP contribution in [0.1, 0.15) is 141 Å². The lowest BCUT2D eigenvalue weighted by molar-refractivity contribution is -0.148. The number of esters is 2. The number of aliphatic hydroxyl groups excluding tert-OH is 4. The molecule has 0 aliphatic rings. The average molecular weight is 547 g/mol. The first kappa shape index (κ1) is 36.8. The van der Waals surface area contributed by atoms with Gasteiger partial charge in [0.25, 0.3) is 0 Å². The zero-order chi connectivity index (χ0) is 28.1. The van der Waals surface area contributed by atoms with Crippen LogP contribution in [0.3, 0.4) is 0 Å². The van der Waals surface area contributed by atoms with E-state index in [4.69, 9.17) is 29.9 Å². The molecule has 0 saturated carbocycles. The van der Waals surface area contributed by atoms with Crippen molar-refractivity contribution in [2.75, 3.05) is 26.4 Å². The Morgan fingerprint density at radius 1 is 0.421 bits per heavy atom. The van der Waals surface area contributed by atoms with Crippen molar-refractivity contribution in [2.45, 2.75) is 153 Å². The van der Waals surface area contributed by atoms with Crippen molar-refractivity contribution in [2.24, 2.45) is 0 Å². The molecule has 8 nitrogen and oxygen atoms in total. The SMILES string of the molecule is O=C(CCCCCCCCCCCCCCCCCCCCCCC(=O)OC[C@@H](O)CO)OC[C@H](O)CO. The Kier molecular flexibility index (Phi) is 27.9. The maximum absolute atomic E-state index is 11.5. The summed E-state index contributed by atoms with van der Waals surface area (Å²) in [6.45, 7) is -1.01. The maximum Gasteiger partial charge on any atom is 0.305 e. The van der Waals surface area contributed by atoms with E-state index in [1.807, 2.05) is 0 Å². The van der Waals surface area contributed by atoms with E-state index in [-0.39, 0.29) is 38.4 Å². The van der Waals surface area contributed by atoms with Crippen LogP contribution < -0.4 is 0 Å². The molecule has 0 bridgehead atoms. The Labute approximate surface area is 231 Å². The van der Waals surface area contributed by atoms with Crippen LogP contribution in [0.25, 0.3) is 0 Å². The van der Waals surface area contributed by atoms with Gasteiger partial charge < -0.3 is 29.9 Å². The number of carbonyl (C=O) groups excluding carboxylic acids is 2. The largest absolute Gasteiger partial charge is 0.463 e. The highest BCUT2D eigenvalue weighted by molar-refractivity contribution is 5.69. The van der Waals surface area contributed by atoms with Gasteiger partial charge in [0.05, 0.1) is 13.2 Å². The van der Waals surface area contributed by atoms with Crippen LogP contribution in [-0.4, -0.2) is 71.0 Å². The van der Waals surface area contributed by atoms with Gasteiger partial charge in [0.2, 0.25) is 0 Å². The normalized spacial score (nSPS) is 12.8. The molecule has 4 N–H and O–H groups in total. The smallest absolute Gasteiger partial charge is 0.305 e. The summed E-state index contributed by atoms with van der Waals surface area (Å²) < 4.78 is 9.77. The Balaban J connectivity index is 3.18. The van der Waals surface area contributed by atoms with E-state index in [2.05, 4.69) is 0 Å². The minimum absolute atomic E-state index is 0.122. The van der Waals surface area contributed by atoms with Gasteiger partial charge in [-0.1, -0.05) is 116 Å². The zero-order valence-corrected chi connectivity index (χ0v) is 24.0. The Morgan fingerprint density at radius 3 is 0.842 bits per heavy atom. The first-order valence-electron chi connectivity index (χ1n) is 15.4. The minimum atomic E-state index is -0.974. The minimum Gasteiger partial charge on any atom is -0.463 e. The van der Waals surface area contributed by atoms with Gasteiger partial charge in [-0.25, -0.2) is 0 Å². The van der Waals surface area contributed by atoms with Gasteiger partial charge >= 0.3 is 11.9 Å². The molecule has 2 atom stereocenters. The number of hydrogen-bond donors (Lipinski definition) is 4. The van der Waals surface area contributed by atoms with E-state index < -0.39 is 12.2 Å². The Hall–Kier alpha value is -1.22. The second kappa shape index (κ2) is 28.8. The molecule has 0 spiro atoms. The molecule has 0 amide bonds. The van der Waals surface area contributed by atoms with E-state index in [9.17, 15) is 9.59 Å². The molecule has 0 heterocycles. The summed E-state index contributed by atoms with van der Waals surface area (Å²) in [5.41, 5.74) is 0. The van der Waals surface area contributed by atoms with Gasteiger partial charge in [-0.2, -0.15) is 0 Å². The van der Waals surface area contributed by atoms with Gasteiger partial charge in [-0.15, -0.1) is 0 Å². The molecule has 0 fully saturated rings. The van der Waals surface area contributed by atoms with E-state index in [0.29, 0.717) is 12.8 Å². The third-order valence-electron chi connectivity index (χ3n) is 6.81. The van der Waals surface area contributed by atoms with Crippen LogP contribution in [0.5, 0.6) is 0 Å². The first-order chi connectivity index (χ1) is 18.5. The molecule has 38 heavy (non-hydrogen) atoms.